The van der Waals surface area contributed by atoms with Crippen LogP contribution in [0.5, 0.6) is 5.75 Å². The molecule has 2 aromatic carbocycles. The molecule has 158 valence electrons. The van der Waals surface area contributed by atoms with Crippen LogP contribution in [-0.4, -0.2) is 43.6 Å². The van der Waals surface area contributed by atoms with Gasteiger partial charge in [-0.05, 0) is 35.9 Å². The van der Waals surface area contributed by atoms with Crippen molar-refractivity contribution in [2.75, 3.05) is 26.0 Å². The van der Waals surface area contributed by atoms with E-state index in [1.165, 1.54) is 29.6 Å². The number of hydrogen-bond donors (Lipinski definition) is 1. The zero-order valence-electron chi connectivity index (χ0n) is 16.4. The lowest BCUT2D eigenvalue weighted by molar-refractivity contribution is 0.415. The molecule has 1 heterocycles. The molecule has 0 fully saturated rings. The number of hydrogen-bond acceptors (Lipinski definition) is 6. The number of rotatable bonds is 8. The molecule has 30 heavy (non-hydrogen) atoms. The summed E-state index contributed by atoms with van der Waals surface area (Å²) in [5.74, 6) is 0.986. The van der Waals surface area contributed by atoms with E-state index in [0.717, 1.165) is 5.56 Å². The molecule has 1 N–H and O–H groups in total. The van der Waals surface area contributed by atoms with Crippen LogP contribution in [-0.2, 0) is 16.6 Å². The number of anilines is 1. The molecule has 0 spiro atoms. The monoisotopic (exact) mass is 466 g/mol. The molecule has 0 atom stereocenters. The molecule has 0 aliphatic heterocycles. The number of nitrogens with zero attached hydrogens (tertiary/aromatic N) is 3. The number of fused-ring (bicyclic) bond motifs is 1. The third kappa shape index (κ3) is 4.52. The maximum absolute atomic E-state index is 12.8. The van der Waals surface area contributed by atoms with E-state index in [-0.39, 0.29) is 16.6 Å². The van der Waals surface area contributed by atoms with Crippen LogP contribution in [0, 0.1) is 0 Å². The van der Waals surface area contributed by atoms with Crippen molar-refractivity contribution in [2.45, 2.75) is 11.4 Å². The van der Waals surface area contributed by atoms with Crippen LogP contribution in [0.1, 0.15) is 5.56 Å². The Balaban J connectivity index is 1.97. The highest BCUT2D eigenvalue weighted by Crippen LogP contribution is 2.30. The fourth-order valence-corrected chi connectivity index (χ4v) is 4.51. The van der Waals surface area contributed by atoms with Crippen LogP contribution in [0.25, 0.3) is 10.8 Å². The number of aromatic nitrogens is 2. The van der Waals surface area contributed by atoms with Crippen molar-refractivity contribution in [3.05, 3.63) is 64.8 Å². The lowest BCUT2D eigenvalue weighted by atomic mass is 10.1. The summed E-state index contributed by atoms with van der Waals surface area (Å²) < 4.78 is 32.0. The van der Waals surface area contributed by atoms with Gasteiger partial charge in [0.05, 0.1) is 17.0 Å². The van der Waals surface area contributed by atoms with Gasteiger partial charge < -0.3 is 10.1 Å². The average molecular weight is 467 g/mol. The molecule has 3 aromatic rings. The Morgan fingerprint density at radius 3 is 2.60 bits per heavy atom. The van der Waals surface area contributed by atoms with E-state index < -0.39 is 10.0 Å². The highest BCUT2D eigenvalue weighted by atomic mass is 35.5. The third-order valence-electron chi connectivity index (χ3n) is 4.48. The van der Waals surface area contributed by atoms with Gasteiger partial charge in [-0.3, -0.25) is 0 Å². The molecule has 0 aliphatic carbocycles. The molecule has 10 heteroatoms. The lowest BCUT2D eigenvalue weighted by Gasteiger charge is -2.16. The maximum Gasteiger partial charge on any atom is 0.243 e. The predicted octanol–water partition coefficient (Wildman–Crippen LogP) is 4.36. The standard InChI is InChI=1S/C20H20Cl2N4O3S/c1-4-9-26(2)30(27,28)14-6-7-15-16(11-14)20(25-24-19(15)22)23-12-13-5-8-18(29-3)17(21)10-13/h4-8,10-11H,1,9,12H2,2-3H3,(H,23,25). The molecule has 0 amide bonds. The quantitative estimate of drug-likeness (QED) is 0.496. The van der Waals surface area contributed by atoms with E-state index in [4.69, 9.17) is 27.9 Å². The minimum absolute atomic E-state index is 0.124. The fraction of sp³-hybridized carbons (Fsp3) is 0.200. The minimum atomic E-state index is -3.69. The smallest absolute Gasteiger partial charge is 0.243 e. The van der Waals surface area contributed by atoms with E-state index in [9.17, 15) is 8.42 Å². The fourth-order valence-electron chi connectivity index (χ4n) is 2.86. The Morgan fingerprint density at radius 1 is 1.17 bits per heavy atom. The maximum atomic E-state index is 12.8. The van der Waals surface area contributed by atoms with E-state index >= 15 is 0 Å². The Kier molecular flexibility index (Phi) is 6.82. The number of sulfonamides is 1. The summed E-state index contributed by atoms with van der Waals surface area (Å²) in [5, 5.41) is 13.0. The van der Waals surface area contributed by atoms with Gasteiger partial charge in [0.25, 0.3) is 0 Å². The average Bonchev–Trinajstić information content (AvgIpc) is 2.73. The van der Waals surface area contributed by atoms with Crippen LogP contribution < -0.4 is 10.1 Å². The van der Waals surface area contributed by atoms with Gasteiger partial charge in [0, 0.05) is 30.9 Å². The molecular formula is C20H20Cl2N4O3S. The van der Waals surface area contributed by atoms with Gasteiger partial charge in [0.1, 0.15) is 5.75 Å². The summed E-state index contributed by atoms with van der Waals surface area (Å²) >= 11 is 12.4. The second-order valence-electron chi connectivity index (χ2n) is 6.44. The number of halogens is 2. The van der Waals surface area contributed by atoms with Gasteiger partial charge in [-0.25, -0.2) is 8.42 Å². The highest BCUT2D eigenvalue weighted by Gasteiger charge is 2.21. The van der Waals surface area contributed by atoms with Gasteiger partial charge in [-0.2, -0.15) is 4.31 Å². The van der Waals surface area contributed by atoms with E-state index in [2.05, 4.69) is 22.1 Å². The zero-order valence-corrected chi connectivity index (χ0v) is 18.7. The molecule has 1 aromatic heterocycles. The Morgan fingerprint density at radius 2 is 1.93 bits per heavy atom. The molecule has 0 saturated carbocycles. The minimum Gasteiger partial charge on any atom is -0.495 e. The predicted molar refractivity (Wildman–Crippen MR) is 120 cm³/mol. The lowest BCUT2D eigenvalue weighted by Crippen LogP contribution is -2.26. The summed E-state index contributed by atoms with van der Waals surface area (Å²) in [7, 11) is -0.651. The first kappa shape index (κ1) is 22.3. The highest BCUT2D eigenvalue weighted by molar-refractivity contribution is 7.89. The van der Waals surface area contributed by atoms with Crippen LogP contribution in [0.15, 0.2) is 53.9 Å². The van der Waals surface area contributed by atoms with Crippen LogP contribution in [0.2, 0.25) is 10.2 Å². The Labute approximate surface area is 185 Å². The topological polar surface area (TPSA) is 84.4 Å². The number of methoxy groups -OCH3 is 1. The Bertz CT molecular complexity index is 1200. The van der Waals surface area contributed by atoms with Gasteiger partial charge in [0.2, 0.25) is 10.0 Å². The van der Waals surface area contributed by atoms with Gasteiger partial charge in [-0.15, -0.1) is 16.8 Å². The molecule has 0 radical (unpaired) electrons. The first-order chi connectivity index (χ1) is 14.3. The number of nitrogens with one attached hydrogen (secondary N) is 1. The second kappa shape index (κ2) is 9.18. The number of ether oxygens (including phenoxy) is 1. The van der Waals surface area contributed by atoms with E-state index in [1.54, 1.807) is 25.3 Å². The van der Waals surface area contributed by atoms with Crippen molar-refractivity contribution in [3.63, 3.8) is 0 Å². The molecule has 0 aliphatic rings. The zero-order chi connectivity index (χ0) is 21.9. The molecule has 0 unspecified atom stereocenters. The Hall–Kier alpha value is -2.39. The third-order valence-corrected chi connectivity index (χ3v) is 6.87. The van der Waals surface area contributed by atoms with Crippen LogP contribution >= 0.6 is 23.2 Å². The molecular weight excluding hydrogens is 447 g/mol. The van der Waals surface area contributed by atoms with Crippen molar-refractivity contribution in [1.29, 1.82) is 0 Å². The van der Waals surface area contributed by atoms with Crippen molar-refractivity contribution in [3.8, 4) is 5.75 Å². The molecule has 0 saturated heterocycles. The normalized spacial score (nSPS) is 11.6. The molecule has 0 bridgehead atoms. The van der Waals surface area contributed by atoms with E-state index in [0.29, 0.717) is 33.9 Å². The van der Waals surface area contributed by atoms with Crippen LogP contribution in [0.4, 0.5) is 5.82 Å². The number of likely N-dealkylation sites (N-methyl/N-ethyl adjacent to an activating group) is 1. The summed E-state index contributed by atoms with van der Waals surface area (Å²) in [6, 6.07) is 10.1. The summed E-state index contributed by atoms with van der Waals surface area (Å²) in [5.41, 5.74) is 0.889. The summed E-state index contributed by atoms with van der Waals surface area (Å²) in [6.07, 6.45) is 1.52. The van der Waals surface area contributed by atoms with Crippen LogP contribution in [0.3, 0.4) is 0 Å². The summed E-state index contributed by atoms with van der Waals surface area (Å²) in [6.45, 7) is 4.17. The van der Waals surface area contributed by atoms with E-state index in [1.807, 2.05) is 6.07 Å². The first-order valence-electron chi connectivity index (χ1n) is 8.87. The van der Waals surface area contributed by atoms with Gasteiger partial charge in [-0.1, -0.05) is 35.3 Å². The van der Waals surface area contributed by atoms with Crippen molar-refractivity contribution >= 4 is 49.8 Å². The van der Waals surface area contributed by atoms with Crippen molar-refractivity contribution in [2.24, 2.45) is 0 Å². The molecule has 7 nitrogen and oxygen atoms in total. The van der Waals surface area contributed by atoms with Gasteiger partial charge >= 0.3 is 0 Å². The largest absolute Gasteiger partial charge is 0.495 e. The second-order valence-corrected chi connectivity index (χ2v) is 9.25. The van der Waals surface area contributed by atoms with Crippen molar-refractivity contribution < 1.29 is 13.2 Å². The summed E-state index contributed by atoms with van der Waals surface area (Å²) in [4.78, 5) is 0.124. The number of benzene rings is 2. The first-order valence-corrected chi connectivity index (χ1v) is 11.1. The van der Waals surface area contributed by atoms with Gasteiger partial charge in [0.15, 0.2) is 11.0 Å². The SMILES string of the molecule is C=CCN(C)S(=O)(=O)c1ccc2c(Cl)nnc(NCc3ccc(OC)c(Cl)c3)c2c1. The molecule has 3 rings (SSSR count). The van der Waals surface area contributed by atoms with Crippen molar-refractivity contribution in [1.82, 2.24) is 14.5 Å².